The molecule has 0 radical (unpaired) electrons. The fourth-order valence-corrected chi connectivity index (χ4v) is 2.65. The van der Waals surface area contributed by atoms with Gasteiger partial charge < -0.3 is 13.4 Å². The summed E-state index contributed by atoms with van der Waals surface area (Å²) in [5.74, 6) is 0.670. The lowest BCUT2D eigenvalue weighted by atomic mass is 9.89. The summed E-state index contributed by atoms with van der Waals surface area (Å²) in [4.78, 5) is 0. The van der Waals surface area contributed by atoms with Gasteiger partial charge in [0.2, 0.25) is 5.60 Å². The number of rotatable bonds is 5. The van der Waals surface area contributed by atoms with Gasteiger partial charge in [-0.1, -0.05) is 13.8 Å². The zero-order valence-electron chi connectivity index (χ0n) is 11.7. The van der Waals surface area contributed by atoms with E-state index in [9.17, 15) is 5.26 Å². The minimum atomic E-state index is -1.34. The Kier molecular flexibility index (Phi) is 4.30. The highest BCUT2D eigenvalue weighted by atomic mass is 32.3. The normalized spacial score (nSPS) is 16.1. The first-order valence-corrected chi connectivity index (χ1v) is 8.35. The molecule has 18 heavy (non-hydrogen) atoms. The smallest absolute Gasteiger partial charge is 0.254 e. The number of hydrogen-bond acceptors (Lipinski definition) is 5. The molecule has 1 aromatic rings. The van der Waals surface area contributed by atoms with Crippen molar-refractivity contribution in [3.63, 3.8) is 0 Å². The number of nitrogens with zero attached hydrogens (tertiary/aromatic N) is 2. The quantitative estimate of drug-likeness (QED) is 0.824. The molecule has 0 aliphatic heterocycles. The number of ether oxygens (including phenoxy) is 1. The van der Waals surface area contributed by atoms with Crippen molar-refractivity contribution in [1.82, 2.24) is 5.16 Å². The second-order valence-electron chi connectivity index (χ2n) is 5.04. The molecule has 0 aliphatic rings. The highest BCUT2D eigenvalue weighted by Gasteiger charge is 2.44. The van der Waals surface area contributed by atoms with Gasteiger partial charge in [0, 0.05) is 12.0 Å². The van der Waals surface area contributed by atoms with Gasteiger partial charge in [-0.05, 0) is 23.9 Å². The van der Waals surface area contributed by atoms with Crippen LogP contribution in [0.25, 0.3) is 0 Å². The van der Waals surface area contributed by atoms with E-state index >= 15 is 0 Å². The Balaban J connectivity index is 3.24. The Bertz CT molecular complexity index is 445. The van der Waals surface area contributed by atoms with Crippen LogP contribution in [-0.2, 0) is 9.78 Å². The molecule has 0 saturated carbocycles. The van der Waals surface area contributed by atoms with Crippen LogP contribution in [0.1, 0.15) is 19.6 Å². The molecule has 1 heterocycles. The molecular weight excluding hydrogens is 252 g/mol. The average Bonchev–Trinajstić information content (AvgIpc) is 2.73. The van der Waals surface area contributed by atoms with Gasteiger partial charge in [-0.15, -0.1) is 10.3 Å². The Labute approximate surface area is 110 Å². The Morgan fingerprint density at radius 2 is 2.06 bits per heavy atom. The van der Waals surface area contributed by atoms with Crippen LogP contribution in [0.2, 0.25) is 0 Å². The van der Waals surface area contributed by atoms with Crippen molar-refractivity contribution < 1.29 is 13.4 Å². The summed E-state index contributed by atoms with van der Waals surface area (Å²) in [5.41, 5.74) is -1.13. The van der Waals surface area contributed by atoms with Crippen LogP contribution >= 0.6 is 10.3 Å². The van der Waals surface area contributed by atoms with Crippen molar-refractivity contribution >= 4 is 10.3 Å². The third-order valence-corrected chi connectivity index (χ3v) is 3.19. The van der Waals surface area contributed by atoms with Crippen LogP contribution < -0.4 is 4.74 Å². The largest absolute Gasteiger partial charge is 0.479 e. The van der Waals surface area contributed by atoms with E-state index < -0.39 is 15.9 Å². The lowest BCUT2D eigenvalue weighted by Crippen LogP contribution is -2.34. The lowest BCUT2D eigenvalue weighted by molar-refractivity contribution is 0.0639. The average molecular weight is 272 g/mol. The summed E-state index contributed by atoms with van der Waals surface area (Å²) in [6.07, 6.45) is 5.94. The van der Waals surface area contributed by atoms with E-state index in [0.717, 1.165) is 0 Å². The van der Waals surface area contributed by atoms with Crippen molar-refractivity contribution in [1.29, 1.82) is 5.26 Å². The van der Waals surface area contributed by atoms with Gasteiger partial charge in [-0.25, -0.2) is 0 Å². The molecule has 0 aromatic carbocycles. The first kappa shape index (κ1) is 14.9. The SMILES string of the molecule is COc1cc(C(C#N)(OS(C)(C)C)C(C)C)on1. The maximum Gasteiger partial charge on any atom is 0.254 e. The molecule has 1 unspecified atom stereocenters. The summed E-state index contributed by atoms with van der Waals surface area (Å²) >= 11 is 0. The molecule has 102 valence electrons. The third kappa shape index (κ3) is 2.98. The molecule has 0 spiro atoms. The van der Waals surface area contributed by atoms with Crippen molar-refractivity contribution in [3.8, 4) is 11.9 Å². The third-order valence-electron chi connectivity index (χ3n) is 2.42. The van der Waals surface area contributed by atoms with Gasteiger partial charge in [0.25, 0.3) is 5.88 Å². The first-order valence-electron chi connectivity index (χ1n) is 5.56. The van der Waals surface area contributed by atoms with E-state index in [0.29, 0.717) is 11.6 Å². The summed E-state index contributed by atoms with van der Waals surface area (Å²) in [6, 6.07) is 3.84. The molecule has 0 bridgehead atoms. The first-order chi connectivity index (χ1) is 8.25. The molecule has 0 fully saturated rings. The minimum absolute atomic E-state index is 0.0631. The Hall–Kier alpha value is -1.19. The van der Waals surface area contributed by atoms with Crippen LogP contribution in [0, 0.1) is 17.2 Å². The van der Waals surface area contributed by atoms with E-state index in [1.165, 1.54) is 7.11 Å². The minimum Gasteiger partial charge on any atom is -0.479 e. The van der Waals surface area contributed by atoms with Crippen LogP contribution in [0.15, 0.2) is 10.6 Å². The summed E-state index contributed by atoms with van der Waals surface area (Å²) in [6.45, 7) is 3.84. The van der Waals surface area contributed by atoms with Crippen molar-refractivity contribution in [2.75, 3.05) is 25.9 Å². The number of aromatic nitrogens is 1. The summed E-state index contributed by atoms with van der Waals surface area (Å²) in [7, 11) is 0.165. The van der Waals surface area contributed by atoms with Gasteiger partial charge in [0.1, 0.15) is 6.07 Å². The predicted octanol–water partition coefficient (Wildman–Crippen LogP) is 2.68. The zero-order valence-corrected chi connectivity index (χ0v) is 12.5. The Morgan fingerprint density at radius 3 is 2.39 bits per heavy atom. The summed E-state index contributed by atoms with van der Waals surface area (Å²) < 4.78 is 16.2. The molecule has 5 nitrogen and oxygen atoms in total. The van der Waals surface area contributed by atoms with Crippen LogP contribution in [0.3, 0.4) is 0 Å². The highest BCUT2D eigenvalue weighted by molar-refractivity contribution is 8.28. The van der Waals surface area contributed by atoms with E-state index in [1.54, 1.807) is 6.07 Å². The molecular formula is C12H20N2O3S. The van der Waals surface area contributed by atoms with Crippen LogP contribution in [0.5, 0.6) is 5.88 Å². The molecule has 6 heteroatoms. The van der Waals surface area contributed by atoms with Gasteiger partial charge in [-0.3, -0.25) is 0 Å². The fraction of sp³-hybridized carbons (Fsp3) is 0.667. The van der Waals surface area contributed by atoms with E-state index in [-0.39, 0.29) is 5.92 Å². The topological polar surface area (TPSA) is 68.3 Å². The fourth-order valence-electron chi connectivity index (χ4n) is 1.55. The number of hydrogen-bond donors (Lipinski definition) is 0. The molecule has 1 atom stereocenters. The van der Waals surface area contributed by atoms with Gasteiger partial charge in [0.15, 0.2) is 5.76 Å². The molecule has 0 aliphatic carbocycles. The van der Waals surface area contributed by atoms with E-state index in [2.05, 4.69) is 11.2 Å². The molecule has 1 rings (SSSR count). The molecule has 0 saturated heterocycles. The number of methoxy groups -OCH3 is 1. The van der Waals surface area contributed by atoms with Gasteiger partial charge >= 0.3 is 0 Å². The van der Waals surface area contributed by atoms with Crippen LogP contribution in [-0.4, -0.2) is 31.0 Å². The second-order valence-corrected chi connectivity index (χ2v) is 8.66. The maximum absolute atomic E-state index is 9.56. The molecule has 1 aromatic heterocycles. The monoisotopic (exact) mass is 272 g/mol. The standard InChI is InChI=1S/C12H20N2O3S/c1-9(2)12(8-13,17-18(4,5)6)10-7-11(15-3)14-16-10/h7,9H,1-6H3. The van der Waals surface area contributed by atoms with E-state index in [4.69, 9.17) is 13.4 Å². The van der Waals surface area contributed by atoms with Crippen molar-refractivity contribution in [2.24, 2.45) is 5.92 Å². The van der Waals surface area contributed by atoms with Gasteiger partial charge in [-0.2, -0.15) is 5.26 Å². The second kappa shape index (κ2) is 5.21. The van der Waals surface area contributed by atoms with Crippen molar-refractivity contribution in [2.45, 2.75) is 19.4 Å². The predicted molar refractivity (Wildman–Crippen MR) is 71.6 cm³/mol. The maximum atomic E-state index is 9.56. The molecule has 0 N–H and O–H groups in total. The van der Waals surface area contributed by atoms with Crippen LogP contribution in [0.4, 0.5) is 0 Å². The highest BCUT2D eigenvalue weighted by Crippen LogP contribution is 2.48. The molecule has 0 amide bonds. The zero-order chi connectivity index (χ0) is 14.0. The number of nitriles is 1. The van der Waals surface area contributed by atoms with E-state index in [1.807, 2.05) is 32.6 Å². The van der Waals surface area contributed by atoms with Crippen molar-refractivity contribution in [3.05, 3.63) is 11.8 Å². The summed E-state index contributed by atoms with van der Waals surface area (Å²) in [5, 5.41) is 13.3. The lowest BCUT2D eigenvalue weighted by Gasteiger charge is -2.37. The Morgan fingerprint density at radius 1 is 1.44 bits per heavy atom. The van der Waals surface area contributed by atoms with Gasteiger partial charge in [0.05, 0.1) is 7.11 Å².